The molecule has 3 nitrogen and oxygen atoms in total. The summed E-state index contributed by atoms with van der Waals surface area (Å²) in [6.45, 7) is 7.21. The van der Waals surface area contributed by atoms with Gasteiger partial charge in [0, 0.05) is 0 Å². The molecule has 0 saturated carbocycles. The Hall–Kier alpha value is -1.35. The Labute approximate surface area is 116 Å². The van der Waals surface area contributed by atoms with Crippen LogP contribution in [0.5, 0.6) is 0 Å². The van der Waals surface area contributed by atoms with Crippen LogP contribution in [0.4, 0.5) is 0 Å². The van der Waals surface area contributed by atoms with Crippen molar-refractivity contribution in [3.63, 3.8) is 0 Å². The number of nitrogens with zero attached hydrogens (tertiary/aromatic N) is 1. The van der Waals surface area contributed by atoms with Gasteiger partial charge in [-0.3, -0.25) is 4.79 Å². The van der Waals surface area contributed by atoms with Crippen molar-refractivity contribution in [2.75, 3.05) is 19.6 Å². The van der Waals surface area contributed by atoms with Crippen molar-refractivity contribution in [1.82, 2.24) is 4.90 Å². The summed E-state index contributed by atoms with van der Waals surface area (Å²) in [5.74, 6) is -1.12. The van der Waals surface area contributed by atoms with Crippen LogP contribution in [0.25, 0.3) is 0 Å². The molecule has 1 N–H and O–H groups in total. The number of rotatable bonds is 9. The largest absolute Gasteiger partial charge is 0.481 e. The molecule has 0 aliphatic carbocycles. The lowest BCUT2D eigenvalue weighted by Gasteiger charge is -2.22. The first-order valence-corrected chi connectivity index (χ1v) is 7.19. The molecule has 0 heterocycles. The van der Waals surface area contributed by atoms with Crippen LogP contribution in [0.3, 0.4) is 0 Å². The van der Waals surface area contributed by atoms with Crippen molar-refractivity contribution >= 4 is 5.97 Å². The van der Waals surface area contributed by atoms with E-state index in [1.165, 1.54) is 12.8 Å². The normalized spacial score (nSPS) is 12.6. The minimum absolute atomic E-state index is 0.392. The Morgan fingerprint density at radius 3 is 2.42 bits per heavy atom. The van der Waals surface area contributed by atoms with Crippen molar-refractivity contribution in [3.8, 4) is 0 Å². The fourth-order valence-electron chi connectivity index (χ4n) is 2.24. The summed E-state index contributed by atoms with van der Waals surface area (Å²) in [6, 6.07) is 9.53. The van der Waals surface area contributed by atoms with Gasteiger partial charge in [0.1, 0.15) is 0 Å². The molecule has 3 heteroatoms. The van der Waals surface area contributed by atoms with E-state index in [0.29, 0.717) is 6.42 Å². The first kappa shape index (κ1) is 15.7. The number of carboxylic acid groups (broad SMARTS) is 1. The zero-order valence-corrected chi connectivity index (χ0v) is 12.0. The van der Waals surface area contributed by atoms with E-state index in [2.05, 4.69) is 18.7 Å². The van der Waals surface area contributed by atoms with E-state index in [1.54, 1.807) is 0 Å². The Kier molecular flexibility index (Phi) is 7.19. The lowest BCUT2D eigenvalue weighted by atomic mass is 9.95. The number of hydrogen-bond donors (Lipinski definition) is 1. The maximum absolute atomic E-state index is 11.4. The van der Waals surface area contributed by atoms with Gasteiger partial charge in [0.05, 0.1) is 5.92 Å². The lowest BCUT2D eigenvalue weighted by molar-refractivity contribution is -0.139. The summed E-state index contributed by atoms with van der Waals surface area (Å²) in [5.41, 5.74) is 0.904. The number of carboxylic acids is 1. The fraction of sp³-hybridized carbons (Fsp3) is 0.562. The van der Waals surface area contributed by atoms with Gasteiger partial charge < -0.3 is 10.0 Å². The molecular weight excluding hydrogens is 238 g/mol. The first-order chi connectivity index (χ1) is 9.19. The average molecular weight is 263 g/mol. The molecule has 0 bridgehead atoms. The summed E-state index contributed by atoms with van der Waals surface area (Å²) in [4.78, 5) is 13.7. The Morgan fingerprint density at radius 2 is 1.89 bits per heavy atom. The van der Waals surface area contributed by atoms with Crippen molar-refractivity contribution in [2.45, 2.75) is 39.0 Å². The molecule has 1 aromatic rings. The molecule has 0 radical (unpaired) electrons. The topological polar surface area (TPSA) is 40.5 Å². The molecule has 0 fully saturated rings. The number of benzene rings is 1. The van der Waals surface area contributed by atoms with Gasteiger partial charge in [0.2, 0.25) is 0 Å². The molecule has 0 aliphatic rings. The molecule has 0 spiro atoms. The monoisotopic (exact) mass is 263 g/mol. The van der Waals surface area contributed by atoms with Crippen LogP contribution in [-0.4, -0.2) is 35.6 Å². The zero-order chi connectivity index (χ0) is 14.1. The van der Waals surface area contributed by atoms with Gasteiger partial charge in [-0.15, -0.1) is 0 Å². The van der Waals surface area contributed by atoms with E-state index in [9.17, 15) is 9.90 Å². The number of hydrogen-bond acceptors (Lipinski definition) is 2. The molecule has 19 heavy (non-hydrogen) atoms. The minimum atomic E-state index is -0.724. The Morgan fingerprint density at radius 1 is 1.21 bits per heavy atom. The molecule has 1 aromatic carbocycles. The second kappa shape index (κ2) is 8.70. The van der Waals surface area contributed by atoms with Crippen LogP contribution in [0.15, 0.2) is 30.3 Å². The van der Waals surface area contributed by atoms with Gasteiger partial charge in [-0.05, 0) is 38.0 Å². The van der Waals surface area contributed by atoms with Gasteiger partial charge in [0.15, 0.2) is 0 Å². The van der Waals surface area contributed by atoms with Crippen LogP contribution < -0.4 is 0 Å². The highest BCUT2D eigenvalue weighted by molar-refractivity contribution is 5.76. The van der Waals surface area contributed by atoms with Gasteiger partial charge in [-0.1, -0.05) is 50.6 Å². The molecule has 0 aromatic heterocycles. The van der Waals surface area contributed by atoms with Crippen LogP contribution in [0.2, 0.25) is 0 Å². The van der Waals surface area contributed by atoms with E-state index < -0.39 is 11.9 Å². The predicted molar refractivity (Wildman–Crippen MR) is 78.5 cm³/mol. The van der Waals surface area contributed by atoms with E-state index in [1.807, 2.05) is 30.3 Å². The molecule has 0 amide bonds. The highest BCUT2D eigenvalue weighted by atomic mass is 16.4. The van der Waals surface area contributed by atoms with Crippen molar-refractivity contribution in [3.05, 3.63) is 35.9 Å². The van der Waals surface area contributed by atoms with Crippen LogP contribution in [0.1, 0.15) is 44.6 Å². The fourth-order valence-corrected chi connectivity index (χ4v) is 2.24. The highest BCUT2D eigenvalue weighted by Gasteiger charge is 2.20. The second-order valence-corrected chi connectivity index (χ2v) is 4.88. The van der Waals surface area contributed by atoms with Crippen molar-refractivity contribution in [1.29, 1.82) is 0 Å². The molecule has 1 rings (SSSR count). The highest BCUT2D eigenvalue weighted by Crippen LogP contribution is 2.20. The lowest BCUT2D eigenvalue weighted by Crippen LogP contribution is -2.28. The first-order valence-electron chi connectivity index (χ1n) is 7.19. The third-order valence-corrected chi connectivity index (χ3v) is 3.51. The molecule has 1 atom stereocenters. The van der Waals surface area contributed by atoms with Crippen molar-refractivity contribution in [2.24, 2.45) is 0 Å². The quantitative estimate of drug-likeness (QED) is 0.742. The smallest absolute Gasteiger partial charge is 0.311 e. The minimum Gasteiger partial charge on any atom is -0.481 e. The SMILES string of the molecule is CCCCN(CC)CCC(C(=O)O)c1ccccc1. The molecule has 0 aliphatic heterocycles. The predicted octanol–water partition coefficient (Wildman–Crippen LogP) is 3.37. The Balaban J connectivity index is 2.57. The molecule has 106 valence electrons. The average Bonchev–Trinajstić information content (AvgIpc) is 2.43. The van der Waals surface area contributed by atoms with Gasteiger partial charge in [0.25, 0.3) is 0 Å². The van der Waals surface area contributed by atoms with Crippen LogP contribution >= 0.6 is 0 Å². The summed E-state index contributed by atoms with van der Waals surface area (Å²) in [7, 11) is 0. The van der Waals surface area contributed by atoms with E-state index in [4.69, 9.17) is 0 Å². The molecule has 1 unspecified atom stereocenters. The van der Waals surface area contributed by atoms with Gasteiger partial charge in [-0.25, -0.2) is 0 Å². The van der Waals surface area contributed by atoms with E-state index in [0.717, 1.165) is 25.2 Å². The van der Waals surface area contributed by atoms with Crippen LogP contribution in [0, 0.1) is 0 Å². The second-order valence-electron chi connectivity index (χ2n) is 4.88. The molecule has 0 saturated heterocycles. The number of carbonyl (C=O) groups is 1. The molecular formula is C16H25NO2. The van der Waals surface area contributed by atoms with Gasteiger partial charge >= 0.3 is 5.97 Å². The standard InChI is InChI=1S/C16H25NO2/c1-3-5-12-17(4-2)13-11-15(16(18)19)14-9-7-6-8-10-14/h6-10,15H,3-5,11-13H2,1-2H3,(H,18,19). The maximum atomic E-state index is 11.4. The number of aliphatic carboxylic acids is 1. The van der Waals surface area contributed by atoms with Crippen LogP contribution in [-0.2, 0) is 4.79 Å². The summed E-state index contributed by atoms with van der Waals surface area (Å²) in [5, 5.41) is 9.37. The Bertz CT molecular complexity index is 364. The number of unbranched alkanes of at least 4 members (excludes halogenated alkanes) is 1. The third-order valence-electron chi connectivity index (χ3n) is 3.51. The third kappa shape index (κ3) is 5.43. The van der Waals surface area contributed by atoms with Crippen molar-refractivity contribution < 1.29 is 9.90 Å². The summed E-state index contributed by atoms with van der Waals surface area (Å²) >= 11 is 0. The van der Waals surface area contributed by atoms with E-state index in [-0.39, 0.29) is 0 Å². The maximum Gasteiger partial charge on any atom is 0.311 e. The summed E-state index contributed by atoms with van der Waals surface area (Å²) < 4.78 is 0. The van der Waals surface area contributed by atoms with Gasteiger partial charge in [-0.2, -0.15) is 0 Å². The zero-order valence-electron chi connectivity index (χ0n) is 12.0. The summed E-state index contributed by atoms with van der Waals surface area (Å²) in [6.07, 6.45) is 3.03. The van der Waals surface area contributed by atoms with E-state index >= 15 is 0 Å².